The minimum Gasteiger partial charge on any atom is -0.497 e. The number of hydrogen-bond acceptors (Lipinski definition) is 4. The highest BCUT2D eigenvalue weighted by Gasteiger charge is 2.27. The molecule has 6 heteroatoms. The predicted molar refractivity (Wildman–Crippen MR) is 88.1 cm³/mol. The Kier molecular flexibility index (Phi) is 5.71. The molecule has 1 aliphatic rings. The molecule has 1 heterocycles. The van der Waals surface area contributed by atoms with E-state index in [1.807, 2.05) is 39.0 Å². The average Bonchev–Trinajstić information content (AvgIpc) is 2.53. The third kappa shape index (κ3) is 4.28. The van der Waals surface area contributed by atoms with Crippen LogP contribution in [0.15, 0.2) is 18.2 Å². The van der Waals surface area contributed by atoms with Crippen molar-refractivity contribution in [1.29, 1.82) is 0 Å². The van der Waals surface area contributed by atoms with Crippen LogP contribution in [0.25, 0.3) is 0 Å². The average molecular weight is 322 g/mol. The van der Waals surface area contributed by atoms with Crippen LogP contribution in [0.4, 0.5) is 4.79 Å². The van der Waals surface area contributed by atoms with Gasteiger partial charge in [0, 0.05) is 24.7 Å². The SMILES string of the molecule is COc1ccc(C(C)NC(=O)N2CC(C)OC(C)C2)c(OC)c1. The Labute approximate surface area is 137 Å². The molecule has 0 saturated carbocycles. The zero-order valence-corrected chi connectivity index (χ0v) is 14.5. The molecule has 3 unspecified atom stereocenters. The number of hydrogen-bond donors (Lipinski definition) is 1. The maximum absolute atomic E-state index is 12.5. The number of nitrogens with zero attached hydrogens (tertiary/aromatic N) is 1. The number of carbonyl (C=O) groups excluding carboxylic acids is 1. The molecule has 1 aromatic rings. The molecule has 1 N–H and O–H groups in total. The van der Waals surface area contributed by atoms with Gasteiger partial charge in [-0.3, -0.25) is 0 Å². The highest BCUT2D eigenvalue weighted by Crippen LogP contribution is 2.29. The Morgan fingerprint density at radius 2 is 1.91 bits per heavy atom. The van der Waals surface area contributed by atoms with Crippen molar-refractivity contribution in [2.24, 2.45) is 0 Å². The molecule has 3 atom stereocenters. The third-order valence-corrected chi connectivity index (χ3v) is 3.95. The maximum atomic E-state index is 12.5. The van der Waals surface area contributed by atoms with Gasteiger partial charge in [-0.25, -0.2) is 4.79 Å². The van der Waals surface area contributed by atoms with Crippen LogP contribution < -0.4 is 14.8 Å². The summed E-state index contributed by atoms with van der Waals surface area (Å²) in [6, 6.07) is 5.33. The number of nitrogens with one attached hydrogen (secondary N) is 1. The summed E-state index contributed by atoms with van der Waals surface area (Å²) in [4.78, 5) is 14.3. The Hall–Kier alpha value is -1.95. The van der Waals surface area contributed by atoms with Gasteiger partial charge in [0.1, 0.15) is 11.5 Å². The first-order chi connectivity index (χ1) is 10.9. The van der Waals surface area contributed by atoms with Gasteiger partial charge in [-0.05, 0) is 32.9 Å². The van der Waals surface area contributed by atoms with Gasteiger partial charge in [0.2, 0.25) is 0 Å². The number of benzene rings is 1. The highest BCUT2D eigenvalue weighted by atomic mass is 16.5. The first-order valence-corrected chi connectivity index (χ1v) is 7.87. The largest absolute Gasteiger partial charge is 0.497 e. The van der Waals surface area contributed by atoms with Gasteiger partial charge in [0.25, 0.3) is 0 Å². The van der Waals surface area contributed by atoms with E-state index in [-0.39, 0.29) is 24.3 Å². The van der Waals surface area contributed by atoms with E-state index in [2.05, 4.69) is 5.32 Å². The van der Waals surface area contributed by atoms with Gasteiger partial charge in [0.15, 0.2) is 0 Å². The summed E-state index contributed by atoms with van der Waals surface area (Å²) in [5, 5.41) is 3.03. The van der Waals surface area contributed by atoms with Gasteiger partial charge >= 0.3 is 6.03 Å². The fourth-order valence-corrected chi connectivity index (χ4v) is 2.87. The summed E-state index contributed by atoms with van der Waals surface area (Å²) in [6.07, 6.45) is 0.102. The zero-order chi connectivity index (χ0) is 17.0. The molecule has 0 aromatic heterocycles. The Morgan fingerprint density at radius 3 is 2.48 bits per heavy atom. The lowest BCUT2D eigenvalue weighted by Gasteiger charge is -2.36. The fourth-order valence-electron chi connectivity index (χ4n) is 2.87. The van der Waals surface area contributed by atoms with E-state index < -0.39 is 0 Å². The number of ether oxygens (including phenoxy) is 3. The van der Waals surface area contributed by atoms with E-state index in [1.54, 1.807) is 19.1 Å². The second-order valence-electron chi connectivity index (χ2n) is 5.94. The molecular weight excluding hydrogens is 296 g/mol. The van der Waals surface area contributed by atoms with E-state index in [0.717, 1.165) is 11.3 Å². The van der Waals surface area contributed by atoms with Gasteiger partial charge in [-0.2, -0.15) is 0 Å². The van der Waals surface area contributed by atoms with Crippen molar-refractivity contribution in [3.63, 3.8) is 0 Å². The van der Waals surface area contributed by atoms with Crippen molar-refractivity contribution in [3.8, 4) is 11.5 Å². The van der Waals surface area contributed by atoms with E-state index in [9.17, 15) is 4.79 Å². The van der Waals surface area contributed by atoms with Crippen LogP contribution in [0.5, 0.6) is 11.5 Å². The summed E-state index contributed by atoms with van der Waals surface area (Å²) in [5.74, 6) is 1.42. The zero-order valence-electron chi connectivity index (χ0n) is 14.5. The number of urea groups is 1. The van der Waals surface area contributed by atoms with Gasteiger partial charge < -0.3 is 24.4 Å². The normalized spacial score (nSPS) is 22.4. The molecule has 128 valence electrons. The molecule has 1 saturated heterocycles. The van der Waals surface area contributed by atoms with Crippen molar-refractivity contribution >= 4 is 6.03 Å². The second-order valence-corrected chi connectivity index (χ2v) is 5.94. The monoisotopic (exact) mass is 322 g/mol. The van der Waals surface area contributed by atoms with Gasteiger partial charge in [0.05, 0.1) is 32.5 Å². The van der Waals surface area contributed by atoms with Crippen LogP contribution in [0.3, 0.4) is 0 Å². The minimum absolute atomic E-state index is 0.0512. The molecular formula is C17H26N2O4. The molecule has 1 aliphatic heterocycles. The lowest BCUT2D eigenvalue weighted by molar-refractivity contribution is -0.0547. The molecule has 0 spiro atoms. The summed E-state index contributed by atoms with van der Waals surface area (Å²) in [5.41, 5.74) is 0.913. The maximum Gasteiger partial charge on any atom is 0.318 e. The lowest BCUT2D eigenvalue weighted by Crippen LogP contribution is -2.52. The van der Waals surface area contributed by atoms with E-state index in [1.165, 1.54) is 0 Å². The van der Waals surface area contributed by atoms with Crippen LogP contribution in [0, 0.1) is 0 Å². The Balaban J connectivity index is 2.06. The molecule has 0 aliphatic carbocycles. The first kappa shape index (κ1) is 17.4. The summed E-state index contributed by atoms with van der Waals surface area (Å²) >= 11 is 0. The minimum atomic E-state index is -0.170. The standard InChI is InChI=1S/C17H26N2O4/c1-11-9-19(10-12(2)23-11)17(20)18-13(3)15-7-6-14(21-4)8-16(15)22-5/h6-8,11-13H,9-10H2,1-5H3,(H,18,20). The van der Waals surface area contributed by atoms with Gasteiger partial charge in [-0.15, -0.1) is 0 Å². The number of methoxy groups -OCH3 is 2. The first-order valence-electron chi connectivity index (χ1n) is 7.87. The van der Waals surface area contributed by atoms with Crippen LogP contribution in [0.1, 0.15) is 32.4 Å². The van der Waals surface area contributed by atoms with E-state index in [4.69, 9.17) is 14.2 Å². The summed E-state index contributed by atoms with van der Waals surface area (Å²) in [7, 11) is 3.22. The second kappa shape index (κ2) is 7.55. The highest BCUT2D eigenvalue weighted by molar-refractivity contribution is 5.75. The van der Waals surface area contributed by atoms with Crippen molar-refractivity contribution in [1.82, 2.24) is 10.2 Å². The van der Waals surface area contributed by atoms with Gasteiger partial charge in [-0.1, -0.05) is 0 Å². The van der Waals surface area contributed by atoms with Crippen molar-refractivity contribution in [2.45, 2.75) is 39.0 Å². The quantitative estimate of drug-likeness (QED) is 0.925. The topological polar surface area (TPSA) is 60.0 Å². The Morgan fingerprint density at radius 1 is 1.26 bits per heavy atom. The van der Waals surface area contributed by atoms with Crippen LogP contribution >= 0.6 is 0 Å². The molecule has 2 rings (SSSR count). The molecule has 23 heavy (non-hydrogen) atoms. The molecule has 6 nitrogen and oxygen atoms in total. The van der Waals surface area contributed by atoms with Crippen molar-refractivity contribution in [3.05, 3.63) is 23.8 Å². The van der Waals surface area contributed by atoms with E-state index in [0.29, 0.717) is 18.8 Å². The molecule has 1 fully saturated rings. The summed E-state index contributed by atoms with van der Waals surface area (Å²) in [6.45, 7) is 7.10. The predicted octanol–water partition coefficient (Wildman–Crippen LogP) is 2.58. The third-order valence-electron chi connectivity index (χ3n) is 3.95. The number of morpholine rings is 1. The molecule has 1 aromatic carbocycles. The lowest BCUT2D eigenvalue weighted by atomic mass is 10.1. The fraction of sp³-hybridized carbons (Fsp3) is 0.588. The number of amides is 2. The van der Waals surface area contributed by atoms with Crippen molar-refractivity contribution < 1.29 is 19.0 Å². The molecule has 0 bridgehead atoms. The molecule has 0 radical (unpaired) electrons. The van der Waals surface area contributed by atoms with Crippen LogP contribution in [-0.4, -0.2) is 50.4 Å². The Bertz CT molecular complexity index is 539. The number of rotatable bonds is 4. The summed E-state index contributed by atoms with van der Waals surface area (Å²) < 4.78 is 16.3. The smallest absolute Gasteiger partial charge is 0.318 e. The van der Waals surface area contributed by atoms with E-state index >= 15 is 0 Å². The van der Waals surface area contributed by atoms with Crippen LogP contribution in [-0.2, 0) is 4.74 Å². The number of carbonyl (C=O) groups is 1. The van der Waals surface area contributed by atoms with Crippen LogP contribution in [0.2, 0.25) is 0 Å². The van der Waals surface area contributed by atoms with Crippen molar-refractivity contribution in [2.75, 3.05) is 27.3 Å². The molecule has 2 amide bonds.